The SMILES string of the molecule is CC(NC(=O)N1CCOC2(CCCC2)C1)c1cnn(-c2ccccc2F)c1. The number of carbonyl (C=O) groups is 1. The Kier molecular flexibility index (Phi) is 4.86. The molecule has 1 unspecified atom stereocenters. The molecule has 2 aromatic rings. The molecule has 0 bridgehead atoms. The van der Waals surface area contributed by atoms with Gasteiger partial charge in [0.25, 0.3) is 0 Å². The summed E-state index contributed by atoms with van der Waals surface area (Å²) in [4.78, 5) is 14.6. The van der Waals surface area contributed by atoms with E-state index in [-0.39, 0.29) is 23.5 Å². The van der Waals surface area contributed by atoms with Gasteiger partial charge in [0.05, 0.1) is 31.0 Å². The largest absolute Gasteiger partial charge is 0.371 e. The summed E-state index contributed by atoms with van der Waals surface area (Å²) in [7, 11) is 0. The zero-order chi connectivity index (χ0) is 18.9. The van der Waals surface area contributed by atoms with Gasteiger partial charge in [-0.1, -0.05) is 25.0 Å². The number of ether oxygens (including phenoxy) is 1. The van der Waals surface area contributed by atoms with E-state index in [9.17, 15) is 9.18 Å². The van der Waals surface area contributed by atoms with Crippen molar-refractivity contribution in [3.63, 3.8) is 0 Å². The van der Waals surface area contributed by atoms with E-state index in [4.69, 9.17) is 4.74 Å². The number of morpholine rings is 1. The van der Waals surface area contributed by atoms with Gasteiger partial charge in [0.2, 0.25) is 0 Å². The van der Waals surface area contributed by atoms with Gasteiger partial charge in [-0.15, -0.1) is 0 Å². The maximum atomic E-state index is 13.9. The lowest BCUT2D eigenvalue weighted by molar-refractivity contribution is -0.0927. The average Bonchev–Trinajstić information content (AvgIpc) is 3.32. The fraction of sp³-hybridized carbons (Fsp3) is 0.500. The molecule has 1 aromatic carbocycles. The fourth-order valence-corrected chi connectivity index (χ4v) is 4.03. The van der Waals surface area contributed by atoms with Crippen molar-refractivity contribution in [3.05, 3.63) is 48.0 Å². The van der Waals surface area contributed by atoms with Crippen molar-refractivity contribution in [2.45, 2.75) is 44.2 Å². The Morgan fingerprint density at radius 3 is 2.89 bits per heavy atom. The number of para-hydroxylation sites is 1. The molecule has 1 aromatic heterocycles. The van der Waals surface area contributed by atoms with E-state index >= 15 is 0 Å². The highest BCUT2D eigenvalue weighted by molar-refractivity contribution is 5.75. The highest BCUT2D eigenvalue weighted by atomic mass is 19.1. The van der Waals surface area contributed by atoms with Crippen LogP contribution in [0.4, 0.5) is 9.18 Å². The van der Waals surface area contributed by atoms with Gasteiger partial charge in [-0.25, -0.2) is 13.9 Å². The van der Waals surface area contributed by atoms with E-state index < -0.39 is 0 Å². The van der Waals surface area contributed by atoms with Crippen LogP contribution in [0.3, 0.4) is 0 Å². The number of aromatic nitrogens is 2. The predicted molar refractivity (Wildman–Crippen MR) is 99.2 cm³/mol. The standard InChI is InChI=1S/C20H25FN4O2/c1-15(16-12-22-25(13-16)18-7-3-2-6-17(18)21)23-19(26)24-10-11-27-20(14-24)8-4-5-9-20/h2-3,6-7,12-13,15H,4-5,8-11,14H2,1H3,(H,23,26). The molecule has 1 N–H and O–H groups in total. The van der Waals surface area contributed by atoms with Crippen LogP contribution in [0.5, 0.6) is 0 Å². The second kappa shape index (κ2) is 7.31. The molecule has 27 heavy (non-hydrogen) atoms. The number of nitrogens with zero attached hydrogens (tertiary/aromatic N) is 3. The van der Waals surface area contributed by atoms with Gasteiger partial charge in [-0.3, -0.25) is 0 Å². The summed E-state index contributed by atoms with van der Waals surface area (Å²) in [6.45, 7) is 3.76. The van der Waals surface area contributed by atoms with Gasteiger partial charge in [0, 0.05) is 18.3 Å². The van der Waals surface area contributed by atoms with Gasteiger partial charge < -0.3 is 15.0 Å². The number of hydrogen-bond donors (Lipinski definition) is 1. The second-order valence-corrected chi connectivity index (χ2v) is 7.50. The van der Waals surface area contributed by atoms with Crippen LogP contribution in [0.2, 0.25) is 0 Å². The number of rotatable bonds is 3. The lowest BCUT2D eigenvalue weighted by Gasteiger charge is -2.40. The predicted octanol–water partition coefficient (Wildman–Crippen LogP) is 3.43. The van der Waals surface area contributed by atoms with Crippen molar-refractivity contribution in [3.8, 4) is 5.69 Å². The zero-order valence-corrected chi connectivity index (χ0v) is 15.5. The van der Waals surface area contributed by atoms with Gasteiger partial charge in [-0.2, -0.15) is 5.10 Å². The molecule has 2 heterocycles. The molecule has 4 rings (SSSR count). The Hall–Kier alpha value is -2.41. The molecule has 7 heteroatoms. The molecular weight excluding hydrogens is 347 g/mol. The molecule has 1 aliphatic heterocycles. The second-order valence-electron chi connectivity index (χ2n) is 7.50. The minimum absolute atomic E-state index is 0.0873. The van der Waals surface area contributed by atoms with E-state index in [0.29, 0.717) is 25.4 Å². The van der Waals surface area contributed by atoms with Gasteiger partial charge in [0.1, 0.15) is 11.5 Å². The van der Waals surface area contributed by atoms with Crippen molar-refractivity contribution >= 4 is 6.03 Å². The number of urea groups is 1. The number of nitrogens with one attached hydrogen (secondary N) is 1. The lowest BCUT2D eigenvalue weighted by Crippen LogP contribution is -2.55. The van der Waals surface area contributed by atoms with Crippen LogP contribution in [0.25, 0.3) is 5.69 Å². The zero-order valence-electron chi connectivity index (χ0n) is 15.5. The van der Waals surface area contributed by atoms with E-state index in [1.54, 1.807) is 30.6 Å². The number of carbonyl (C=O) groups excluding carboxylic acids is 1. The Morgan fingerprint density at radius 1 is 1.33 bits per heavy atom. The smallest absolute Gasteiger partial charge is 0.318 e. The van der Waals surface area contributed by atoms with Crippen LogP contribution in [0.15, 0.2) is 36.7 Å². The van der Waals surface area contributed by atoms with Gasteiger partial charge in [-0.05, 0) is 31.9 Å². The van der Waals surface area contributed by atoms with Crippen LogP contribution < -0.4 is 5.32 Å². The van der Waals surface area contributed by atoms with Gasteiger partial charge in [0.15, 0.2) is 0 Å². The third-order valence-corrected chi connectivity index (χ3v) is 5.59. The average molecular weight is 372 g/mol. The van der Waals surface area contributed by atoms with E-state index in [0.717, 1.165) is 18.4 Å². The maximum absolute atomic E-state index is 13.9. The quantitative estimate of drug-likeness (QED) is 0.898. The third kappa shape index (κ3) is 3.69. The van der Waals surface area contributed by atoms with E-state index in [1.165, 1.54) is 23.6 Å². The summed E-state index contributed by atoms with van der Waals surface area (Å²) >= 11 is 0. The minimum atomic E-state index is -0.334. The summed E-state index contributed by atoms with van der Waals surface area (Å²) in [5.41, 5.74) is 1.07. The summed E-state index contributed by atoms with van der Waals surface area (Å²) in [6.07, 6.45) is 7.81. The van der Waals surface area contributed by atoms with Crippen molar-refractivity contribution < 1.29 is 13.9 Å². The number of hydrogen-bond acceptors (Lipinski definition) is 3. The summed E-state index contributed by atoms with van der Waals surface area (Å²) < 4.78 is 21.4. The first-order valence-electron chi connectivity index (χ1n) is 9.55. The van der Waals surface area contributed by atoms with E-state index in [2.05, 4.69) is 10.4 Å². The normalized spacial score (nSPS) is 20.0. The van der Waals surface area contributed by atoms with Crippen LogP contribution in [0.1, 0.15) is 44.2 Å². The molecule has 1 saturated heterocycles. The molecule has 2 amide bonds. The summed E-state index contributed by atoms with van der Waals surface area (Å²) in [5.74, 6) is -0.334. The molecule has 1 saturated carbocycles. The highest BCUT2D eigenvalue weighted by Crippen LogP contribution is 2.35. The molecule has 144 valence electrons. The Labute approximate surface area is 158 Å². The Morgan fingerprint density at radius 2 is 2.11 bits per heavy atom. The van der Waals surface area contributed by atoms with Crippen molar-refractivity contribution in [2.24, 2.45) is 0 Å². The third-order valence-electron chi connectivity index (χ3n) is 5.59. The first-order chi connectivity index (χ1) is 13.1. The van der Waals surface area contributed by atoms with Crippen molar-refractivity contribution in [2.75, 3.05) is 19.7 Å². The Balaban J connectivity index is 1.41. The minimum Gasteiger partial charge on any atom is -0.371 e. The molecule has 2 fully saturated rings. The molecule has 2 aliphatic rings. The number of benzene rings is 1. The van der Waals surface area contributed by atoms with Crippen LogP contribution in [-0.4, -0.2) is 46.0 Å². The monoisotopic (exact) mass is 372 g/mol. The van der Waals surface area contributed by atoms with Gasteiger partial charge >= 0.3 is 6.03 Å². The van der Waals surface area contributed by atoms with E-state index in [1.807, 2.05) is 11.8 Å². The molecule has 1 aliphatic carbocycles. The molecule has 6 nitrogen and oxygen atoms in total. The molecule has 0 radical (unpaired) electrons. The first kappa shape index (κ1) is 18.0. The van der Waals surface area contributed by atoms with Crippen molar-refractivity contribution in [1.82, 2.24) is 20.0 Å². The lowest BCUT2D eigenvalue weighted by atomic mass is 10.00. The number of amides is 2. The van der Waals surface area contributed by atoms with Crippen molar-refractivity contribution in [1.29, 1.82) is 0 Å². The highest BCUT2D eigenvalue weighted by Gasteiger charge is 2.40. The van der Waals surface area contributed by atoms with Crippen LogP contribution in [0, 0.1) is 5.82 Å². The van der Waals surface area contributed by atoms with Crippen LogP contribution in [-0.2, 0) is 4.74 Å². The van der Waals surface area contributed by atoms with Crippen LogP contribution >= 0.6 is 0 Å². The number of halogens is 1. The topological polar surface area (TPSA) is 59.4 Å². The summed E-state index contributed by atoms with van der Waals surface area (Å²) in [5, 5.41) is 7.27. The first-order valence-corrected chi connectivity index (χ1v) is 9.55. The summed E-state index contributed by atoms with van der Waals surface area (Å²) in [6, 6.07) is 6.17. The maximum Gasteiger partial charge on any atom is 0.318 e. The molecular formula is C20H25FN4O2. The fourth-order valence-electron chi connectivity index (χ4n) is 4.03. The Bertz CT molecular complexity index is 816. The molecule has 1 atom stereocenters. The molecule has 1 spiro atoms.